The third-order valence-electron chi connectivity index (χ3n) is 1.95. The fourth-order valence-electron chi connectivity index (χ4n) is 1.46. The van der Waals surface area contributed by atoms with Gasteiger partial charge in [0.1, 0.15) is 0 Å². The number of nitrogens with two attached hydrogens (primary N) is 1. The first-order valence-corrected chi connectivity index (χ1v) is 3.62. The van der Waals surface area contributed by atoms with E-state index in [4.69, 9.17) is 10.8 Å². The minimum Gasteiger partial charge on any atom is -0.393 e. The van der Waals surface area contributed by atoms with Crippen molar-refractivity contribution in [2.24, 2.45) is 11.7 Å². The summed E-state index contributed by atoms with van der Waals surface area (Å²) >= 11 is 0. The summed E-state index contributed by atoms with van der Waals surface area (Å²) in [6.07, 6.45) is 3.03. The van der Waals surface area contributed by atoms with E-state index in [0.29, 0.717) is 12.0 Å². The van der Waals surface area contributed by atoms with E-state index in [-0.39, 0.29) is 6.10 Å². The van der Waals surface area contributed by atoms with E-state index >= 15 is 0 Å². The monoisotopic (exact) mass is 129 g/mol. The number of rotatable bonds is 2. The van der Waals surface area contributed by atoms with Gasteiger partial charge in [-0.2, -0.15) is 0 Å². The van der Waals surface area contributed by atoms with Gasteiger partial charge in [-0.3, -0.25) is 0 Å². The zero-order chi connectivity index (χ0) is 6.85. The molecule has 1 fully saturated rings. The van der Waals surface area contributed by atoms with Gasteiger partial charge < -0.3 is 10.8 Å². The fourth-order valence-corrected chi connectivity index (χ4v) is 1.46. The van der Waals surface area contributed by atoms with Crippen LogP contribution in [0.3, 0.4) is 0 Å². The molecule has 9 heavy (non-hydrogen) atoms. The van der Waals surface area contributed by atoms with Crippen LogP contribution in [-0.2, 0) is 0 Å². The molecule has 2 heteroatoms. The Kier molecular flexibility index (Phi) is 2.09. The van der Waals surface area contributed by atoms with Crippen LogP contribution in [-0.4, -0.2) is 17.3 Å². The van der Waals surface area contributed by atoms with Gasteiger partial charge in [-0.25, -0.2) is 0 Å². The molecule has 2 nitrogen and oxygen atoms in total. The highest BCUT2D eigenvalue weighted by Gasteiger charge is 2.26. The molecule has 0 aliphatic heterocycles. The highest BCUT2D eigenvalue weighted by Crippen LogP contribution is 2.29. The van der Waals surface area contributed by atoms with E-state index in [0.717, 1.165) is 19.3 Å². The maximum absolute atomic E-state index is 8.93. The lowest BCUT2D eigenvalue weighted by atomic mass is 9.78. The molecule has 0 aromatic carbocycles. The van der Waals surface area contributed by atoms with Crippen molar-refractivity contribution in [3.63, 3.8) is 0 Å². The molecular formula is C7H15NO. The van der Waals surface area contributed by atoms with Gasteiger partial charge in [0.05, 0.1) is 6.10 Å². The summed E-state index contributed by atoms with van der Waals surface area (Å²) in [5.41, 5.74) is 5.56. The number of hydrogen-bond donors (Lipinski definition) is 2. The number of aliphatic hydroxyl groups excluding tert-OH is 1. The Morgan fingerprint density at radius 3 is 2.56 bits per heavy atom. The summed E-state index contributed by atoms with van der Waals surface area (Å²) < 4.78 is 0. The van der Waals surface area contributed by atoms with E-state index in [9.17, 15) is 0 Å². The highest BCUT2D eigenvalue weighted by atomic mass is 16.3. The Hall–Kier alpha value is -0.0800. The molecule has 0 saturated heterocycles. The van der Waals surface area contributed by atoms with E-state index in [2.05, 4.69) is 0 Å². The van der Waals surface area contributed by atoms with E-state index < -0.39 is 0 Å². The van der Waals surface area contributed by atoms with Gasteiger partial charge in [0.15, 0.2) is 0 Å². The van der Waals surface area contributed by atoms with Gasteiger partial charge in [-0.05, 0) is 32.1 Å². The van der Waals surface area contributed by atoms with E-state index in [1.807, 2.05) is 6.92 Å². The molecule has 1 rings (SSSR count). The standard InChI is InChI=1S/C7H15NO/c1-5(9)2-6-3-7(8)4-6/h5-7,9H,2-4,8H2,1H3. The number of hydrogen-bond acceptors (Lipinski definition) is 2. The normalized spacial score (nSPS) is 37.7. The molecule has 0 aromatic rings. The Labute approximate surface area is 56.1 Å². The third kappa shape index (κ3) is 1.95. The Morgan fingerprint density at radius 1 is 1.67 bits per heavy atom. The van der Waals surface area contributed by atoms with Gasteiger partial charge in [0, 0.05) is 6.04 Å². The van der Waals surface area contributed by atoms with Gasteiger partial charge >= 0.3 is 0 Å². The topological polar surface area (TPSA) is 46.2 Å². The zero-order valence-electron chi connectivity index (χ0n) is 5.88. The summed E-state index contributed by atoms with van der Waals surface area (Å²) in [7, 11) is 0. The van der Waals surface area contributed by atoms with Crippen molar-refractivity contribution < 1.29 is 5.11 Å². The van der Waals surface area contributed by atoms with Crippen molar-refractivity contribution in [2.75, 3.05) is 0 Å². The lowest BCUT2D eigenvalue weighted by Gasteiger charge is -2.33. The average molecular weight is 129 g/mol. The quantitative estimate of drug-likeness (QED) is 0.570. The smallest absolute Gasteiger partial charge is 0.0514 e. The second kappa shape index (κ2) is 2.67. The second-order valence-corrected chi connectivity index (χ2v) is 3.18. The predicted octanol–water partition coefficient (Wildman–Crippen LogP) is 0.495. The van der Waals surface area contributed by atoms with E-state index in [1.165, 1.54) is 0 Å². The van der Waals surface area contributed by atoms with Crippen LogP contribution < -0.4 is 5.73 Å². The Balaban J connectivity index is 2.04. The minimum absolute atomic E-state index is 0.137. The molecule has 0 aromatic heterocycles. The zero-order valence-corrected chi connectivity index (χ0v) is 5.88. The molecule has 0 spiro atoms. The first kappa shape index (κ1) is 7.03. The van der Waals surface area contributed by atoms with Crippen molar-refractivity contribution in [1.29, 1.82) is 0 Å². The minimum atomic E-state index is -0.137. The van der Waals surface area contributed by atoms with Crippen LogP contribution in [0.2, 0.25) is 0 Å². The van der Waals surface area contributed by atoms with Crippen LogP contribution in [0.25, 0.3) is 0 Å². The Morgan fingerprint density at radius 2 is 2.22 bits per heavy atom. The highest BCUT2D eigenvalue weighted by molar-refractivity contribution is 4.82. The summed E-state index contributed by atoms with van der Waals surface area (Å²) in [5.74, 6) is 0.708. The van der Waals surface area contributed by atoms with Crippen molar-refractivity contribution in [1.82, 2.24) is 0 Å². The summed E-state index contributed by atoms with van der Waals surface area (Å²) in [5, 5.41) is 8.93. The molecular weight excluding hydrogens is 114 g/mol. The predicted molar refractivity (Wildman–Crippen MR) is 37.0 cm³/mol. The van der Waals surface area contributed by atoms with Crippen LogP contribution in [0, 0.1) is 5.92 Å². The maximum Gasteiger partial charge on any atom is 0.0514 e. The van der Waals surface area contributed by atoms with E-state index in [1.54, 1.807) is 0 Å². The molecule has 1 aliphatic rings. The molecule has 54 valence electrons. The van der Waals surface area contributed by atoms with Gasteiger partial charge in [0.2, 0.25) is 0 Å². The molecule has 3 N–H and O–H groups in total. The molecule has 0 amide bonds. The first-order valence-electron chi connectivity index (χ1n) is 3.62. The van der Waals surface area contributed by atoms with Crippen LogP contribution in [0.4, 0.5) is 0 Å². The van der Waals surface area contributed by atoms with Gasteiger partial charge in [-0.1, -0.05) is 0 Å². The summed E-state index contributed by atoms with van der Waals surface area (Å²) in [4.78, 5) is 0. The molecule has 1 saturated carbocycles. The van der Waals surface area contributed by atoms with Crippen LogP contribution in [0.5, 0.6) is 0 Å². The van der Waals surface area contributed by atoms with Crippen molar-refractivity contribution in [3.05, 3.63) is 0 Å². The molecule has 0 heterocycles. The number of aliphatic hydroxyl groups is 1. The summed E-state index contributed by atoms with van der Waals surface area (Å²) in [6.45, 7) is 1.84. The lowest BCUT2D eigenvalue weighted by Crippen LogP contribution is -2.37. The van der Waals surface area contributed by atoms with Crippen molar-refractivity contribution in [2.45, 2.75) is 38.3 Å². The molecule has 0 radical (unpaired) electrons. The van der Waals surface area contributed by atoms with Crippen LogP contribution in [0.1, 0.15) is 26.2 Å². The summed E-state index contributed by atoms with van der Waals surface area (Å²) in [6, 6.07) is 0.425. The van der Waals surface area contributed by atoms with Gasteiger partial charge in [-0.15, -0.1) is 0 Å². The van der Waals surface area contributed by atoms with Crippen LogP contribution in [0.15, 0.2) is 0 Å². The SMILES string of the molecule is CC(O)CC1CC(N)C1. The van der Waals surface area contributed by atoms with Crippen molar-refractivity contribution >= 4 is 0 Å². The molecule has 1 aliphatic carbocycles. The molecule has 1 unspecified atom stereocenters. The third-order valence-corrected chi connectivity index (χ3v) is 1.95. The fraction of sp³-hybridized carbons (Fsp3) is 1.00. The molecule has 1 atom stereocenters. The average Bonchev–Trinajstić information content (AvgIpc) is 1.60. The molecule has 0 bridgehead atoms. The second-order valence-electron chi connectivity index (χ2n) is 3.18. The maximum atomic E-state index is 8.93. The van der Waals surface area contributed by atoms with Crippen LogP contribution >= 0.6 is 0 Å². The Bertz CT molecular complexity index is 86.9. The van der Waals surface area contributed by atoms with Gasteiger partial charge in [0.25, 0.3) is 0 Å². The lowest BCUT2D eigenvalue weighted by molar-refractivity contribution is 0.123. The first-order chi connectivity index (χ1) is 4.18. The largest absolute Gasteiger partial charge is 0.393 e. The van der Waals surface area contributed by atoms with Crippen molar-refractivity contribution in [3.8, 4) is 0 Å².